The number of aromatic nitrogens is 14. The van der Waals surface area contributed by atoms with Gasteiger partial charge < -0.3 is 166 Å². The fourth-order valence-electron chi connectivity index (χ4n) is 15.6. The van der Waals surface area contributed by atoms with Crippen molar-refractivity contribution in [3.63, 3.8) is 0 Å². The van der Waals surface area contributed by atoms with Crippen LogP contribution in [0.25, 0.3) is 11.2 Å². The van der Waals surface area contributed by atoms with E-state index in [0.717, 1.165) is 35.2 Å². The van der Waals surface area contributed by atoms with Crippen molar-refractivity contribution < 1.29 is 145 Å². The van der Waals surface area contributed by atoms with Crippen LogP contribution in [-0.4, -0.2) is 284 Å². The molecule has 7 aromatic rings. The fraction of sp³-hybridized carbons (Fsp3) is 0.658. The van der Waals surface area contributed by atoms with Gasteiger partial charge in [-0.2, -0.15) is 9.97 Å². The van der Waals surface area contributed by atoms with Gasteiger partial charge in [-0.05, 0) is 41.0 Å². The number of nitrogen functional groups attached to an aromatic ring is 3. The number of aliphatic hydroxyl groups excluding tert-OH is 1. The Morgan fingerprint density at radius 3 is 1.27 bits per heavy atom. The van der Waals surface area contributed by atoms with E-state index in [-0.39, 0.29) is 109 Å². The van der Waals surface area contributed by atoms with Crippen LogP contribution in [0.15, 0.2) is 82.0 Å². The van der Waals surface area contributed by atoms with Gasteiger partial charge in [-0.3, -0.25) is 65.9 Å². The number of H-pyrrole nitrogens is 3. The van der Waals surface area contributed by atoms with Gasteiger partial charge in [-0.25, -0.2) is 38.9 Å². The maximum atomic E-state index is 15.4. The summed E-state index contributed by atoms with van der Waals surface area (Å²) in [5, 5.41) is 11.9. The SMILES string of the molecule is CC[C@H]1O[C@@H](n2cc(C)c(=O)[nH]c2=O)CC1OP([O-])(=S)OC[C@H]1O[C@@H](n2cc(C)c(=O)[nH]c2=O)CC1OP(=O)([S-])OC[C@H]1O[C@@H](n2cc(C)c(N)nc2=O)[C@@H](OCCOC)C1OP(=O)([O-])OC[C@H]1O[C@@H](n2cc(C)c(=O)[nH]c2=O)[C@@H](OCCOC)C1OP([O-])(=S)OC[C@H]1O[C@@H](n2cc(C)c(N)nc2=O)[C@@H](OCCOC)C1OP([O-])(=S)OC[C@H]1O[C@@H](n2cnc3c(N)ncnc32)[C@@H](OCCOC)C1O. The molecule has 7 aromatic heterocycles. The van der Waals surface area contributed by atoms with E-state index in [4.69, 9.17) is 176 Å². The van der Waals surface area contributed by atoms with Gasteiger partial charge in [0.2, 0.25) is 0 Å². The summed E-state index contributed by atoms with van der Waals surface area (Å²) < 4.78 is 179. The molecule has 56 nitrogen and oxygen atoms in total. The molecule has 6 aliphatic heterocycles. The quantitative estimate of drug-likeness (QED) is 0.0109. The lowest BCUT2D eigenvalue weighted by Gasteiger charge is -2.37. The van der Waals surface area contributed by atoms with Crippen LogP contribution in [-0.2, 0) is 168 Å². The number of hydrogen-bond donors (Lipinski definition) is 7. The highest BCUT2D eigenvalue weighted by atomic mass is 32.7. The maximum absolute atomic E-state index is 15.4. The molecule has 0 spiro atoms. The number of nitrogens with one attached hydrogen (secondary N) is 3. The first-order chi connectivity index (χ1) is 65.3. The lowest BCUT2D eigenvalue weighted by molar-refractivity contribution is -0.238. The highest BCUT2D eigenvalue weighted by Crippen LogP contribution is 2.56. The Morgan fingerprint density at radius 1 is 0.435 bits per heavy atom. The van der Waals surface area contributed by atoms with Crippen LogP contribution in [0.3, 0.4) is 0 Å². The molecule has 0 saturated carbocycles. The van der Waals surface area contributed by atoms with Crippen LogP contribution in [0.5, 0.6) is 0 Å². The van der Waals surface area contributed by atoms with Gasteiger partial charge in [0.05, 0.1) is 111 Å². The van der Waals surface area contributed by atoms with E-state index in [2.05, 4.69) is 39.9 Å². The van der Waals surface area contributed by atoms with Gasteiger partial charge >= 0.3 is 28.4 Å². The van der Waals surface area contributed by atoms with Crippen molar-refractivity contribution in [3.05, 3.63) is 155 Å². The predicted molar refractivity (Wildman–Crippen MR) is 478 cm³/mol. The van der Waals surface area contributed by atoms with Gasteiger partial charge in [0.25, 0.3) is 24.5 Å². The minimum Gasteiger partial charge on any atom is -0.780 e. The highest BCUT2D eigenvalue weighted by Gasteiger charge is 2.56. The summed E-state index contributed by atoms with van der Waals surface area (Å²) >= 11 is 22.1. The highest BCUT2D eigenvalue weighted by molar-refractivity contribution is 8.32. The van der Waals surface area contributed by atoms with Crippen LogP contribution < -0.4 is 81.9 Å². The average Bonchev–Trinajstić information content (AvgIpc) is 1.62. The molecule has 10 N–H and O–H groups in total. The first kappa shape index (κ1) is 109. The molecule has 6 aliphatic rings. The smallest absolute Gasteiger partial charge is 0.351 e. The molecule has 0 bridgehead atoms. The number of nitrogens with two attached hydrogens (primary N) is 3. The van der Waals surface area contributed by atoms with Crippen LogP contribution in [0.4, 0.5) is 17.5 Å². The number of imidazole rings is 1. The maximum Gasteiger partial charge on any atom is 0.351 e. The molecule has 13 heterocycles. The Bertz CT molecular complexity index is 6240. The fourth-order valence-corrected chi connectivity index (χ4v) is 22.3. The molecule has 766 valence electrons. The third-order valence-corrected chi connectivity index (χ3v) is 29.7. The number of fused-ring (bicyclic) bond motifs is 1. The summed E-state index contributed by atoms with van der Waals surface area (Å²) in [6.45, 7) is -18.3. The molecule has 0 aliphatic carbocycles. The van der Waals surface area contributed by atoms with Gasteiger partial charge in [-0.15, -0.1) is 0 Å². The summed E-state index contributed by atoms with van der Waals surface area (Å²) in [7, 11) is -0.832. The minimum atomic E-state index is -6.16. The first-order valence-electron chi connectivity index (χ1n) is 42.2. The summed E-state index contributed by atoms with van der Waals surface area (Å²) in [5.74, 6) is -0.416. The Balaban J connectivity index is 0.775. The normalized spacial score (nSPS) is 29.4. The van der Waals surface area contributed by atoms with Crippen molar-refractivity contribution in [2.75, 3.05) is 132 Å². The molecule has 0 radical (unpaired) electrons. The number of aliphatic hydroxyl groups is 1. The molecule has 138 heavy (non-hydrogen) atoms. The van der Waals surface area contributed by atoms with Gasteiger partial charge in [0, 0.05) is 100 Å². The summed E-state index contributed by atoms with van der Waals surface area (Å²) in [6.07, 6.45) is -27.3. The second-order valence-electron chi connectivity index (χ2n) is 31.9. The van der Waals surface area contributed by atoms with Crippen molar-refractivity contribution in [2.45, 2.75) is 196 Å². The number of methoxy groups -OCH3 is 4. The van der Waals surface area contributed by atoms with Crippen LogP contribution in [0.1, 0.15) is 91.4 Å². The van der Waals surface area contributed by atoms with Gasteiger partial charge in [0.1, 0.15) is 135 Å². The number of phosphoric ester groups is 1. The standard InChI is InChI=1S/C73H106N17O39P5S4/c1-11-39-40(20-47(119-39)85-24-36(4)62(92)82-71(85)97)125-131(102,135)115-27-42-41(21-48(120-42)86-25-37(5)63(93)83-72(86)98)126-132(103,136)117-30-45-51(55(111-17-13-107-8)66(123-45)87-22-34(2)58(74)80-69(87)95)127-130(100,101)114-29-44-52(56(112-18-14-108-9)68(122-44)89-26-38(6)64(94)84-73(89)99)128-134(105,138)118-31-46-53(57(113-19-15-109-10)67(124-46)88-23-35(3)59(75)81-70(88)96)129-133(104,137)116-28-43-50(91)54(110-16-12-106-7)65(121-43)90-33-79-49-60(76)77-32-78-61(49)90/h22-26,32-33,39-48,50-57,65-68,91H,11-21,27-31H2,1-10H3,(H,100,101)(H,102,135)(H,103,136)(H,104,137)(H,105,138)(H2,74,80,95)(H2,75,81,96)(H2,76,77,78)(H,82,92,97)(H,83,93,98)(H,84,94,99)/p-5/t39-,40?,41?,42-,43-,44-,45-,46-,47-,48-,50?,51?,52?,53?,54+,55+,56+,57+,65-,66-,67-,68-,131?,132?,133?,134?/m1/s1. The zero-order valence-corrected chi connectivity index (χ0v) is 82.8. The Morgan fingerprint density at radius 2 is 0.804 bits per heavy atom. The second kappa shape index (κ2) is 46.6. The molecule has 27 atom stereocenters. The summed E-state index contributed by atoms with van der Waals surface area (Å²) in [6, 6.07) is 0. The topological polar surface area (TPSA) is 724 Å². The summed E-state index contributed by atoms with van der Waals surface area (Å²) in [4.78, 5) is 193. The number of aryl methyl sites for hydroxylation is 5. The molecule has 0 aromatic carbocycles. The number of phosphoric acid groups is 1. The van der Waals surface area contributed by atoms with Crippen LogP contribution in [0, 0.1) is 34.6 Å². The first-order valence-corrected chi connectivity index (χ1v) is 53.9. The van der Waals surface area contributed by atoms with Crippen LogP contribution >= 0.6 is 34.8 Å². The van der Waals surface area contributed by atoms with Crippen molar-refractivity contribution in [3.8, 4) is 0 Å². The van der Waals surface area contributed by atoms with Crippen molar-refractivity contribution >= 4 is 111 Å². The summed E-state index contributed by atoms with van der Waals surface area (Å²) in [5.41, 5.74) is 11.7. The number of nitrogens with zero attached hydrogens (tertiary/aromatic N) is 11. The molecule has 0 amide bonds. The Hall–Kier alpha value is -6.65. The average molecular weight is 2120 g/mol. The van der Waals surface area contributed by atoms with Crippen molar-refractivity contribution in [2.24, 2.45) is 0 Å². The molecule has 6 fully saturated rings. The van der Waals surface area contributed by atoms with Gasteiger partial charge in [0.15, 0.2) is 43.2 Å². The second-order valence-corrected chi connectivity index (χ2v) is 44.1. The minimum absolute atomic E-state index is 0.0187. The van der Waals surface area contributed by atoms with Crippen molar-refractivity contribution in [1.82, 2.24) is 67.3 Å². The lowest BCUT2D eigenvalue weighted by atomic mass is 10.1. The predicted octanol–water partition coefficient (Wildman–Crippen LogP) is -3.77. The van der Waals surface area contributed by atoms with E-state index in [0.29, 0.717) is 0 Å². The third-order valence-electron chi connectivity index (χ3n) is 22.5. The lowest BCUT2D eigenvalue weighted by Crippen LogP contribution is -2.43. The number of aromatic amines is 3. The monoisotopic (exact) mass is 2120 g/mol. The third kappa shape index (κ3) is 26.2. The van der Waals surface area contributed by atoms with E-state index in [1.165, 1.54) is 98.9 Å². The van der Waals surface area contributed by atoms with E-state index in [1.54, 1.807) is 6.92 Å². The van der Waals surface area contributed by atoms with E-state index in [1.807, 2.05) is 0 Å². The number of anilines is 3. The Kier molecular flexibility index (Phi) is 36.7. The zero-order valence-electron chi connectivity index (χ0n) is 75.0. The van der Waals surface area contributed by atoms with Crippen molar-refractivity contribution in [1.29, 1.82) is 0 Å². The molecule has 65 heteroatoms. The van der Waals surface area contributed by atoms with E-state index in [9.17, 15) is 57.8 Å². The van der Waals surface area contributed by atoms with E-state index >= 15 is 14.4 Å². The molecular weight excluding hydrogens is 2020 g/mol. The van der Waals surface area contributed by atoms with Gasteiger partial charge in [-0.1, -0.05) is 42.3 Å². The molecule has 13 rings (SSSR count). The number of hydrogen-bond acceptors (Lipinski definition) is 51. The molecule has 6 saturated heterocycles. The Labute approximate surface area is 801 Å². The molecule has 11 unspecified atom stereocenters. The van der Waals surface area contributed by atoms with E-state index < -0.39 is 268 Å². The zero-order chi connectivity index (χ0) is 99.9. The molecular formula is C73H101N17O39P5S4-5. The van der Waals surface area contributed by atoms with Crippen LogP contribution in [0.2, 0.25) is 0 Å². The largest absolute Gasteiger partial charge is 0.780 e. The number of rotatable bonds is 48. The number of ether oxygens (including phenoxy) is 14.